The molecule has 1 radical (unpaired) electrons. The molecule has 0 aromatic carbocycles. The van der Waals surface area contributed by atoms with E-state index in [2.05, 4.69) is 0 Å². The summed E-state index contributed by atoms with van der Waals surface area (Å²) in [7, 11) is 1.27. The molecule has 1 heteroatoms. The zero-order chi connectivity index (χ0) is 6.10. The third-order valence-corrected chi connectivity index (χ3v) is 4.36. The van der Waals surface area contributed by atoms with Crippen LogP contribution in [-0.2, 0) is 0 Å². The lowest BCUT2D eigenvalue weighted by atomic mass is 9.99. The minimum atomic E-state index is 1.14. The molecule has 0 aromatic heterocycles. The molecule has 2 aliphatic rings. The molecule has 9 heavy (non-hydrogen) atoms. The molecular formula is C8H14P. The normalized spacial score (nSPS) is 39.3. The van der Waals surface area contributed by atoms with Crippen molar-refractivity contribution in [3.63, 3.8) is 0 Å². The van der Waals surface area contributed by atoms with Crippen molar-refractivity contribution in [2.45, 2.75) is 44.2 Å². The fraction of sp³-hybridized carbons (Fsp3) is 0.875. The average molecular weight is 141 g/mol. The second kappa shape index (κ2) is 2.58. The highest BCUT2D eigenvalue weighted by Gasteiger charge is 2.25. The second-order valence-electron chi connectivity index (χ2n) is 3.23. The predicted octanol–water partition coefficient (Wildman–Crippen LogP) is 2.93. The van der Waals surface area contributed by atoms with Crippen LogP contribution in [-0.4, -0.2) is 5.66 Å². The first-order valence-corrected chi connectivity index (χ1v) is 5.14. The van der Waals surface area contributed by atoms with E-state index < -0.39 is 0 Å². The predicted molar refractivity (Wildman–Crippen MR) is 43.0 cm³/mol. The Balaban J connectivity index is 1.96. The highest BCUT2D eigenvalue weighted by Crippen LogP contribution is 2.50. The van der Waals surface area contributed by atoms with E-state index >= 15 is 0 Å². The Hall–Kier alpha value is 0.430. The van der Waals surface area contributed by atoms with Crippen LogP contribution in [0.5, 0.6) is 0 Å². The van der Waals surface area contributed by atoms with Crippen molar-refractivity contribution in [1.29, 1.82) is 0 Å². The van der Waals surface area contributed by atoms with Gasteiger partial charge in [-0.3, -0.25) is 0 Å². The molecule has 0 aromatic rings. The minimum absolute atomic E-state index is 1.14. The largest absolute Gasteiger partial charge is 0.112 e. The zero-order valence-electron chi connectivity index (χ0n) is 5.82. The van der Waals surface area contributed by atoms with Crippen molar-refractivity contribution in [3.8, 4) is 0 Å². The van der Waals surface area contributed by atoms with Crippen LogP contribution in [0.4, 0.5) is 0 Å². The van der Waals surface area contributed by atoms with Gasteiger partial charge in [-0.25, -0.2) is 0 Å². The molecule has 2 rings (SSSR count). The van der Waals surface area contributed by atoms with Gasteiger partial charge in [0.15, 0.2) is 0 Å². The summed E-state index contributed by atoms with van der Waals surface area (Å²) in [5, 5.41) is 0. The van der Waals surface area contributed by atoms with Gasteiger partial charge in [0.05, 0.1) is 0 Å². The van der Waals surface area contributed by atoms with E-state index in [-0.39, 0.29) is 0 Å². The number of fused-ring (bicyclic) bond motifs is 2. The highest BCUT2D eigenvalue weighted by molar-refractivity contribution is 7.42. The molecule has 51 valence electrons. The smallest absolute Gasteiger partial charge is 0.00262 e. The van der Waals surface area contributed by atoms with Crippen molar-refractivity contribution in [2.24, 2.45) is 0 Å². The highest BCUT2D eigenvalue weighted by atomic mass is 31.1. The van der Waals surface area contributed by atoms with Crippen LogP contribution in [0.1, 0.15) is 38.5 Å². The summed E-state index contributed by atoms with van der Waals surface area (Å²) in [6, 6.07) is 0. The van der Waals surface area contributed by atoms with Crippen LogP contribution < -0.4 is 0 Å². The van der Waals surface area contributed by atoms with Crippen molar-refractivity contribution >= 4 is 8.58 Å². The molecule has 2 bridgehead atoms. The van der Waals surface area contributed by atoms with Crippen molar-refractivity contribution in [3.05, 3.63) is 5.66 Å². The van der Waals surface area contributed by atoms with E-state index in [9.17, 15) is 0 Å². The fourth-order valence-corrected chi connectivity index (χ4v) is 3.89. The number of hydrogen-bond donors (Lipinski definition) is 0. The zero-order valence-corrected chi connectivity index (χ0v) is 6.82. The molecule has 0 aliphatic carbocycles. The Morgan fingerprint density at radius 2 is 1.78 bits per heavy atom. The first kappa shape index (κ1) is 6.16. The molecule has 0 saturated carbocycles. The van der Waals surface area contributed by atoms with E-state index in [0.29, 0.717) is 0 Å². The van der Waals surface area contributed by atoms with E-state index in [1.165, 1.54) is 34.3 Å². The summed E-state index contributed by atoms with van der Waals surface area (Å²) in [4.78, 5) is 0. The van der Waals surface area contributed by atoms with Gasteiger partial charge < -0.3 is 0 Å². The Morgan fingerprint density at radius 1 is 1.11 bits per heavy atom. The van der Waals surface area contributed by atoms with Crippen LogP contribution in [0.3, 0.4) is 0 Å². The van der Waals surface area contributed by atoms with Gasteiger partial charge in [-0.15, -0.1) is 8.58 Å². The van der Waals surface area contributed by atoms with Crippen molar-refractivity contribution < 1.29 is 0 Å². The quantitative estimate of drug-likeness (QED) is 0.455. The molecular weight excluding hydrogens is 127 g/mol. The maximum Gasteiger partial charge on any atom is -0.00262 e. The van der Waals surface area contributed by atoms with Gasteiger partial charge in [0.1, 0.15) is 0 Å². The Bertz CT molecular complexity index is 80.7. The van der Waals surface area contributed by atoms with Gasteiger partial charge in [0, 0.05) is 0 Å². The molecule has 0 N–H and O–H groups in total. The molecule has 2 fully saturated rings. The number of hydrogen-bond acceptors (Lipinski definition) is 0. The van der Waals surface area contributed by atoms with Crippen molar-refractivity contribution in [1.82, 2.24) is 0 Å². The maximum absolute atomic E-state index is 1.91. The molecule has 0 amide bonds. The summed E-state index contributed by atoms with van der Waals surface area (Å²) in [5.74, 6) is 0. The Kier molecular flexibility index (Phi) is 1.77. The Morgan fingerprint density at radius 3 is 2.22 bits per heavy atom. The van der Waals surface area contributed by atoms with Gasteiger partial charge >= 0.3 is 0 Å². The van der Waals surface area contributed by atoms with Gasteiger partial charge in [0.25, 0.3) is 0 Å². The van der Waals surface area contributed by atoms with Gasteiger partial charge in [0.2, 0.25) is 0 Å². The molecule has 1 unspecified atom stereocenters. The summed E-state index contributed by atoms with van der Waals surface area (Å²) < 4.78 is 0. The summed E-state index contributed by atoms with van der Waals surface area (Å²) in [6.07, 6.45) is 9.06. The lowest BCUT2D eigenvalue weighted by molar-refractivity contribution is 0.534. The van der Waals surface area contributed by atoms with Crippen LogP contribution in [0.2, 0.25) is 0 Å². The third kappa shape index (κ3) is 1.29. The van der Waals surface area contributed by atoms with Gasteiger partial charge in [-0.2, -0.15) is 0 Å². The monoisotopic (exact) mass is 141 g/mol. The van der Waals surface area contributed by atoms with Gasteiger partial charge in [-0.05, 0) is 37.0 Å². The molecule has 2 aliphatic heterocycles. The Labute approximate surface area is 59.2 Å². The van der Waals surface area contributed by atoms with E-state index in [0.717, 1.165) is 5.66 Å². The van der Waals surface area contributed by atoms with E-state index in [1.54, 1.807) is 12.8 Å². The first-order valence-electron chi connectivity index (χ1n) is 4.06. The van der Waals surface area contributed by atoms with Crippen LogP contribution >= 0.6 is 8.58 Å². The van der Waals surface area contributed by atoms with Crippen LogP contribution in [0, 0.1) is 5.66 Å². The number of rotatable bonds is 0. The lowest BCUT2D eigenvalue weighted by Crippen LogP contribution is -2.15. The summed E-state index contributed by atoms with van der Waals surface area (Å²) in [6.45, 7) is 0. The second-order valence-corrected chi connectivity index (χ2v) is 5.04. The summed E-state index contributed by atoms with van der Waals surface area (Å²) >= 11 is 0. The molecule has 2 heterocycles. The lowest BCUT2D eigenvalue weighted by Gasteiger charge is -2.33. The molecule has 1 atom stereocenters. The van der Waals surface area contributed by atoms with Gasteiger partial charge in [-0.1, -0.05) is 12.8 Å². The molecule has 0 spiro atoms. The summed E-state index contributed by atoms with van der Waals surface area (Å²) in [5.41, 5.74) is 3.06. The fourth-order valence-electron chi connectivity index (χ4n) is 1.97. The minimum Gasteiger partial charge on any atom is -0.112 e. The van der Waals surface area contributed by atoms with Crippen LogP contribution in [0.25, 0.3) is 0 Å². The average Bonchev–Trinajstić information content (AvgIpc) is 1.88. The first-order chi connectivity index (χ1) is 4.45. The molecule has 2 saturated heterocycles. The standard InChI is InChI=1S/C8H14P/c1-3-7-5-2-6-8(4-1)9-7/h7,9H,1-6H2. The van der Waals surface area contributed by atoms with Crippen molar-refractivity contribution in [2.75, 3.05) is 0 Å². The van der Waals surface area contributed by atoms with E-state index in [1.807, 2.05) is 5.66 Å². The molecule has 0 nitrogen and oxygen atoms in total. The SMILES string of the molecule is C1C[C]2CCCC(C1)P2. The maximum atomic E-state index is 1.91. The van der Waals surface area contributed by atoms with E-state index in [4.69, 9.17) is 0 Å². The van der Waals surface area contributed by atoms with Crippen LogP contribution in [0.15, 0.2) is 0 Å². The topological polar surface area (TPSA) is 0 Å². The third-order valence-electron chi connectivity index (χ3n) is 2.47.